The van der Waals surface area contributed by atoms with Crippen LogP contribution >= 0.6 is 0 Å². The van der Waals surface area contributed by atoms with Gasteiger partial charge in [0.1, 0.15) is 11.3 Å². The van der Waals surface area contributed by atoms with Crippen LogP contribution in [0.15, 0.2) is 36.5 Å². The monoisotopic (exact) mass is 355 g/mol. The summed E-state index contributed by atoms with van der Waals surface area (Å²) in [7, 11) is 4.97. The molecule has 2 heterocycles. The van der Waals surface area contributed by atoms with Crippen LogP contribution in [0.1, 0.15) is 10.4 Å². The maximum Gasteiger partial charge on any atom is 0.337 e. The Hall–Kier alpha value is -3.13. The SMILES string of the molecule is COCCNc1nc2cnc(Nc3ccc(C(=O)OC)cc3)cc2n1C. The Morgan fingerprint density at radius 2 is 2.00 bits per heavy atom. The molecule has 0 aliphatic rings. The van der Waals surface area contributed by atoms with Gasteiger partial charge in [0.05, 0.1) is 31.0 Å². The molecule has 26 heavy (non-hydrogen) atoms. The number of anilines is 3. The predicted molar refractivity (Wildman–Crippen MR) is 99.9 cm³/mol. The van der Waals surface area contributed by atoms with E-state index < -0.39 is 0 Å². The van der Waals surface area contributed by atoms with Crippen molar-refractivity contribution in [3.63, 3.8) is 0 Å². The summed E-state index contributed by atoms with van der Waals surface area (Å²) in [5, 5.41) is 6.45. The van der Waals surface area contributed by atoms with Gasteiger partial charge in [0.15, 0.2) is 0 Å². The van der Waals surface area contributed by atoms with Crippen molar-refractivity contribution in [1.29, 1.82) is 0 Å². The minimum absolute atomic E-state index is 0.362. The topological polar surface area (TPSA) is 90.3 Å². The first kappa shape index (κ1) is 17.7. The Kier molecular flexibility index (Phi) is 5.33. The number of methoxy groups -OCH3 is 2. The van der Waals surface area contributed by atoms with Gasteiger partial charge < -0.3 is 24.7 Å². The van der Waals surface area contributed by atoms with Crippen molar-refractivity contribution in [2.24, 2.45) is 7.05 Å². The molecule has 0 aliphatic carbocycles. The van der Waals surface area contributed by atoms with Crippen molar-refractivity contribution in [1.82, 2.24) is 14.5 Å². The zero-order chi connectivity index (χ0) is 18.5. The van der Waals surface area contributed by atoms with Gasteiger partial charge in [0, 0.05) is 32.5 Å². The number of benzene rings is 1. The lowest BCUT2D eigenvalue weighted by atomic mass is 10.2. The van der Waals surface area contributed by atoms with Crippen LogP contribution in [0.3, 0.4) is 0 Å². The molecular weight excluding hydrogens is 334 g/mol. The highest BCUT2D eigenvalue weighted by Crippen LogP contribution is 2.22. The van der Waals surface area contributed by atoms with Gasteiger partial charge in [0.25, 0.3) is 0 Å². The molecule has 0 amide bonds. The number of rotatable bonds is 7. The maximum absolute atomic E-state index is 11.5. The number of esters is 1. The standard InChI is InChI=1S/C18H21N5O3/c1-23-15-10-16(20-11-14(15)22-18(23)19-8-9-25-2)21-13-6-4-12(5-7-13)17(24)26-3/h4-7,10-11H,8-9H2,1-3H3,(H,19,22)(H,20,21). The largest absolute Gasteiger partial charge is 0.465 e. The summed E-state index contributed by atoms with van der Waals surface area (Å²) in [6.45, 7) is 1.29. The first-order valence-corrected chi connectivity index (χ1v) is 8.13. The Morgan fingerprint density at radius 3 is 2.69 bits per heavy atom. The maximum atomic E-state index is 11.5. The van der Waals surface area contributed by atoms with E-state index in [9.17, 15) is 4.79 Å². The van der Waals surface area contributed by atoms with Gasteiger partial charge in [-0.25, -0.2) is 14.8 Å². The van der Waals surface area contributed by atoms with Gasteiger partial charge in [-0.15, -0.1) is 0 Å². The molecule has 0 aliphatic heterocycles. The fraction of sp³-hybridized carbons (Fsp3) is 0.278. The lowest BCUT2D eigenvalue weighted by Gasteiger charge is -2.07. The van der Waals surface area contributed by atoms with E-state index in [1.54, 1.807) is 37.6 Å². The molecule has 0 atom stereocenters. The molecule has 0 radical (unpaired) electrons. The van der Waals surface area contributed by atoms with E-state index >= 15 is 0 Å². The number of pyridine rings is 1. The molecule has 3 aromatic rings. The highest BCUT2D eigenvalue weighted by atomic mass is 16.5. The van der Waals surface area contributed by atoms with E-state index in [0.717, 1.165) is 22.7 Å². The number of carbonyl (C=O) groups is 1. The molecule has 0 fully saturated rings. The van der Waals surface area contributed by atoms with Crippen molar-refractivity contribution in [3.8, 4) is 0 Å². The van der Waals surface area contributed by atoms with Crippen LogP contribution in [-0.2, 0) is 16.5 Å². The van der Waals surface area contributed by atoms with Gasteiger partial charge in [-0.2, -0.15) is 0 Å². The number of ether oxygens (including phenoxy) is 2. The number of hydrogen-bond donors (Lipinski definition) is 2. The number of aromatic nitrogens is 3. The summed E-state index contributed by atoms with van der Waals surface area (Å²) >= 11 is 0. The average Bonchev–Trinajstić information content (AvgIpc) is 2.98. The summed E-state index contributed by atoms with van der Waals surface area (Å²) in [4.78, 5) is 20.4. The molecule has 3 rings (SSSR count). The molecule has 0 unspecified atom stereocenters. The smallest absolute Gasteiger partial charge is 0.337 e. The van der Waals surface area contributed by atoms with Crippen LogP contribution < -0.4 is 10.6 Å². The lowest BCUT2D eigenvalue weighted by molar-refractivity contribution is 0.0601. The summed E-state index contributed by atoms with van der Waals surface area (Å²) in [6, 6.07) is 8.94. The zero-order valence-corrected chi connectivity index (χ0v) is 14.9. The van der Waals surface area contributed by atoms with E-state index in [2.05, 4.69) is 20.6 Å². The molecule has 8 heteroatoms. The Labute approximate surface area is 151 Å². The molecule has 1 aromatic carbocycles. The van der Waals surface area contributed by atoms with Crippen LogP contribution in [0.2, 0.25) is 0 Å². The quantitative estimate of drug-likeness (QED) is 0.497. The number of nitrogens with zero attached hydrogens (tertiary/aromatic N) is 3. The van der Waals surface area contributed by atoms with Crippen LogP contribution in [0.4, 0.5) is 17.5 Å². The average molecular weight is 355 g/mol. The lowest BCUT2D eigenvalue weighted by Crippen LogP contribution is -2.10. The van der Waals surface area contributed by atoms with Crippen molar-refractivity contribution in [3.05, 3.63) is 42.1 Å². The van der Waals surface area contributed by atoms with Crippen LogP contribution in [-0.4, -0.2) is 47.9 Å². The Bertz CT molecular complexity index is 905. The summed E-state index contributed by atoms with van der Waals surface area (Å²) in [6.07, 6.45) is 1.72. The fourth-order valence-electron chi connectivity index (χ4n) is 2.54. The number of nitrogens with one attached hydrogen (secondary N) is 2. The van der Waals surface area contributed by atoms with Gasteiger partial charge in [-0.3, -0.25) is 0 Å². The summed E-state index contributed by atoms with van der Waals surface area (Å²) in [5.74, 6) is 1.09. The van der Waals surface area contributed by atoms with E-state index in [1.165, 1.54) is 7.11 Å². The third kappa shape index (κ3) is 3.75. The second kappa shape index (κ2) is 7.83. The van der Waals surface area contributed by atoms with Gasteiger partial charge >= 0.3 is 5.97 Å². The van der Waals surface area contributed by atoms with Gasteiger partial charge in [-0.1, -0.05) is 0 Å². The number of aryl methyl sites for hydroxylation is 1. The normalized spacial score (nSPS) is 10.7. The van der Waals surface area contributed by atoms with Crippen LogP contribution in [0.5, 0.6) is 0 Å². The fourth-order valence-corrected chi connectivity index (χ4v) is 2.54. The second-order valence-electron chi connectivity index (χ2n) is 5.67. The Morgan fingerprint density at radius 1 is 1.23 bits per heavy atom. The predicted octanol–water partition coefficient (Wildman–Crippen LogP) is 2.56. The molecule has 2 aromatic heterocycles. The van der Waals surface area contributed by atoms with E-state index in [4.69, 9.17) is 9.47 Å². The van der Waals surface area contributed by atoms with E-state index in [1.807, 2.05) is 17.7 Å². The molecular formula is C18H21N5O3. The van der Waals surface area contributed by atoms with Gasteiger partial charge in [0.2, 0.25) is 5.95 Å². The molecule has 8 nitrogen and oxygen atoms in total. The van der Waals surface area contributed by atoms with Gasteiger partial charge in [-0.05, 0) is 24.3 Å². The number of carbonyl (C=O) groups excluding carboxylic acids is 1. The minimum Gasteiger partial charge on any atom is -0.465 e. The first-order valence-electron chi connectivity index (χ1n) is 8.13. The van der Waals surface area contributed by atoms with E-state index in [0.29, 0.717) is 24.5 Å². The molecule has 0 saturated heterocycles. The highest BCUT2D eigenvalue weighted by Gasteiger charge is 2.09. The first-order chi connectivity index (χ1) is 12.6. The third-order valence-electron chi connectivity index (χ3n) is 3.93. The van der Waals surface area contributed by atoms with Crippen LogP contribution in [0.25, 0.3) is 11.0 Å². The Balaban J connectivity index is 1.78. The second-order valence-corrected chi connectivity index (χ2v) is 5.67. The molecule has 136 valence electrons. The van der Waals surface area contributed by atoms with Crippen molar-refractivity contribution in [2.75, 3.05) is 38.0 Å². The van der Waals surface area contributed by atoms with Crippen molar-refractivity contribution >= 4 is 34.5 Å². The highest BCUT2D eigenvalue weighted by molar-refractivity contribution is 5.89. The summed E-state index contributed by atoms with van der Waals surface area (Å²) in [5.41, 5.74) is 3.08. The van der Waals surface area contributed by atoms with E-state index in [-0.39, 0.29) is 5.97 Å². The third-order valence-corrected chi connectivity index (χ3v) is 3.93. The zero-order valence-electron chi connectivity index (χ0n) is 14.9. The molecule has 0 bridgehead atoms. The minimum atomic E-state index is -0.362. The van der Waals surface area contributed by atoms with Crippen molar-refractivity contribution < 1.29 is 14.3 Å². The van der Waals surface area contributed by atoms with Crippen molar-refractivity contribution in [2.45, 2.75) is 0 Å². The number of fused-ring (bicyclic) bond motifs is 1. The summed E-state index contributed by atoms with van der Waals surface area (Å²) < 4.78 is 11.7. The van der Waals surface area contributed by atoms with Crippen LogP contribution in [0, 0.1) is 0 Å². The number of hydrogen-bond acceptors (Lipinski definition) is 7. The molecule has 0 saturated carbocycles. The molecule has 2 N–H and O–H groups in total. The number of imidazole rings is 1. The molecule has 0 spiro atoms.